The molecule has 2 rings (SSSR count). The minimum atomic E-state index is -0.118. The van der Waals surface area contributed by atoms with Gasteiger partial charge in [-0.2, -0.15) is 5.10 Å². The molecule has 0 aliphatic carbocycles. The Labute approximate surface area is 104 Å². The smallest absolute Gasteiger partial charge is 0.254 e. The number of nitrogens with one attached hydrogen (secondary N) is 2. The first-order valence-electron chi connectivity index (χ1n) is 5.27. The average Bonchev–Trinajstić information content (AvgIpc) is 2.85. The number of benzene rings is 1. The predicted molar refractivity (Wildman–Crippen MR) is 66.1 cm³/mol. The molecule has 0 saturated carbocycles. The molecule has 0 aliphatic rings. The van der Waals surface area contributed by atoms with Crippen LogP contribution in [0, 0.1) is 0 Å². The van der Waals surface area contributed by atoms with Crippen LogP contribution in [0.2, 0.25) is 5.02 Å². The van der Waals surface area contributed by atoms with E-state index in [1.54, 1.807) is 6.20 Å². The van der Waals surface area contributed by atoms with Crippen molar-refractivity contribution in [3.8, 4) is 0 Å². The summed E-state index contributed by atoms with van der Waals surface area (Å²) in [6.07, 6.45) is 3.84. The molecule has 88 valence electrons. The van der Waals surface area contributed by atoms with Crippen LogP contribution in [0.5, 0.6) is 0 Å². The molecule has 0 radical (unpaired) electrons. The fourth-order valence-corrected chi connectivity index (χ4v) is 1.57. The largest absolute Gasteiger partial charge is 0.352 e. The molecular weight excluding hydrogens is 238 g/mol. The van der Waals surface area contributed by atoms with Gasteiger partial charge in [-0.3, -0.25) is 9.89 Å². The molecule has 17 heavy (non-hydrogen) atoms. The molecule has 0 spiro atoms. The second-order valence-corrected chi connectivity index (χ2v) is 4.06. The van der Waals surface area contributed by atoms with E-state index in [1.165, 1.54) is 6.20 Å². The van der Waals surface area contributed by atoms with Gasteiger partial charge in [0.05, 0.1) is 11.8 Å². The number of hydrogen-bond acceptors (Lipinski definition) is 2. The van der Waals surface area contributed by atoms with Crippen molar-refractivity contribution in [3.05, 3.63) is 52.8 Å². The van der Waals surface area contributed by atoms with Crippen LogP contribution >= 0.6 is 11.6 Å². The predicted octanol–water partition coefficient (Wildman–Crippen LogP) is 2.04. The van der Waals surface area contributed by atoms with Gasteiger partial charge in [0.1, 0.15) is 0 Å². The first-order valence-corrected chi connectivity index (χ1v) is 5.65. The van der Waals surface area contributed by atoms with Gasteiger partial charge in [0, 0.05) is 17.8 Å². The maximum Gasteiger partial charge on any atom is 0.254 e. The van der Waals surface area contributed by atoms with Crippen LogP contribution in [-0.2, 0) is 6.42 Å². The Hall–Kier alpha value is -1.81. The van der Waals surface area contributed by atoms with Crippen molar-refractivity contribution in [2.75, 3.05) is 6.54 Å². The fraction of sp³-hybridized carbons (Fsp3) is 0.167. The van der Waals surface area contributed by atoms with E-state index >= 15 is 0 Å². The normalized spacial score (nSPS) is 10.2. The van der Waals surface area contributed by atoms with Gasteiger partial charge in [0.2, 0.25) is 0 Å². The van der Waals surface area contributed by atoms with Gasteiger partial charge in [-0.15, -0.1) is 0 Å². The van der Waals surface area contributed by atoms with Crippen LogP contribution < -0.4 is 5.32 Å². The number of amides is 1. The molecule has 0 fully saturated rings. The van der Waals surface area contributed by atoms with E-state index in [0.717, 1.165) is 17.0 Å². The number of rotatable bonds is 4. The van der Waals surface area contributed by atoms with Crippen LogP contribution in [0.1, 0.15) is 15.9 Å². The number of hydrogen-bond donors (Lipinski definition) is 2. The van der Waals surface area contributed by atoms with Gasteiger partial charge in [-0.05, 0) is 24.1 Å². The molecule has 1 amide bonds. The van der Waals surface area contributed by atoms with Crippen molar-refractivity contribution in [1.29, 1.82) is 0 Å². The Morgan fingerprint density at radius 1 is 1.35 bits per heavy atom. The summed E-state index contributed by atoms with van der Waals surface area (Å²) in [4.78, 5) is 11.6. The third-order valence-corrected chi connectivity index (χ3v) is 2.62. The summed E-state index contributed by atoms with van der Waals surface area (Å²) < 4.78 is 0. The zero-order valence-electron chi connectivity index (χ0n) is 9.11. The molecule has 0 bridgehead atoms. The second-order valence-electron chi connectivity index (χ2n) is 3.62. The van der Waals surface area contributed by atoms with Crippen LogP contribution in [0.4, 0.5) is 0 Å². The number of nitrogens with zero attached hydrogens (tertiary/aromatic N) is 1. The van der Waals surface area contributed by atoms with Crippen molar-refractivity contribution in [3.63, 3.8) is 0 Å². The number of halogens is 1. The fourth-order valence-electron chi connectivity index (χ4n) is 1.45. The lowest BCUT2D eigenvalue weighted by Crippen LogP contribution is -2.25. The maximum absolute atomic E-state index is 11.6. The molecule has 1 aromatic heterocycles. The Morgan fingerprint density at radius 2 is 2.12 bits per heavy atom. The highest BCUT2D eigenvalue weighted by Crippen LogP contribution is 2.09. The van der Waals surface area contributed by atoms with E-state index in [9.17, 15) is 4.79 Å². The summed E-state index contributed by atoms with van der Waals surface area (Å²) in [5.41, 5.74) is 1.68. The van der Waals surface area contributed by atoms with Crippen LogP contribution in [0.3, 0.4) is 0 Å². The zero-order valence-corrected chi connectivity index (χ0v) is 9.87. The Balaban J connectivity index is 1.80. The highest BCUT2D eigenvalue weighted by molar-refractivity contribution is 6.30. The lowest BCUT2D eigenvalue weighted by Gasteiger charge is -2.03. The van der Waals surface area contributed by atoms with E-state index in [4.69, 9.17) is 11.6 Å². The second kappa shape index (κ2) is 5.50. The van der Waals surface area contributed by atoms with Crippen molar-refractivity contribution in [2.45, 2.75) is 6.42 Å². The van der Waals surface area contributed by atoms with Gasteiger partial charge >= 0.3 is 0 Å². The molecule has 0 aliphatic heterocycles. The van der Waals surface area contributed by atoms with Crippen LogP contribution in [0.25, 0.3) is 0 Å². The van der Waals surface area contributed by atoms with Crippen molar-refractivity contribution in [1.82, 2.24) is 15.5 Å². The van der Waals surface area contributed by atoms with Crippen LogP contribution in [0.15, 0.2) is 36.7 Å². The monoisotopic (exact) mass is 249 g/mol. The molecule has 0 saturated heterocycles. The molecular formula is C12H12ClN3O. The third-order valence-electron chi connectivity index (χ3n) is 2.37. The number of aromatic nitrogens is 2. The SMILES string of the molecule is O=C(NCCc1ccc(Cl)cc1)c1cn[nH]c1. The average molecular weight is 250 g/mol. The van der Waals surface area contributed by atoms with Gasteiger partial charge < -0.3 is 5.32 Å². The molecule has 1 aromatic carbocycles. The van der Waals surface area contributed by atoms with E-state index in [-0.39, 0.29) is 5.91 Å². The van der Waals surface area contributed by atoms with Crippen LogP contribution in [-0.4, -0.2) is 22.6 Å². The number of H-pyrrole nitrogens is 1. The first-order chi connectivity index (χ1) is 8.25. The van der Waals surface area contributed by atoms with Crippen molar-refractivity contribution in [2.24, 2.45) is 0 Å². The Kier molecular flexibility index (Phi) is 3.77. The van der Waals surface area contributed by atoms with Gasteiger partial charge in [-0.1, -0.05) is 23.7 Å². The molecule has 5 heteroatoms. The summed E-state index contributed by atoms with van der Waals surface area (Å²) in [6, 6.07) is 7.59. The Morgan fingerprint density at radius 3 is 2.76 bits per heavy atom. The Bertz CT molecular complexity index is 479. The van der Waals surface area contributed by atoms with Gasteiger partial charge in [0.15, 0.2) is 0 Å². The number of carbonyl (C=O) groups excluding carboxylic acids is 1. The summed E-state index contributed by atoms with van der Waals surface area (Å²) >= 11 is 5.78. The molecule has 2 aromatic rings. The highest BCUT2D eigenvalue weighted by Gasteiger charge is 2.04. The quantitative estimate of drug-likeness (QED) is 0.871. The summed E-state index contributed by atoms with van der Waals surface area (Å²) in [5.74, 6) is -0.118. The highest BCUT2D eigenvalue weighted by atomic mass is 35.5. The zero-order chi connectivity index (χ0) is 12.1. The first kappa shape index (κ1) is 11.7. The standard InChI is InChI=1S/C12H12ClN3O/c13-11-3-1-9(2-4-11)5-6-14-12(17)10-7-15-16-8-10/h1-4,7-8H,5-6H2,(H,14,17)(H,15,16). The minimum Gasteiger partial charge on any atom is -0.352 e. The molecule has 1 heterocycles. The summed E-state index contributed by atoms with van der Waals surface area (Å²) in [7, 11) is 0. The van der Waals surface area contributed by atoms with Crippen molar-refractivity contribution < 1.29 is 4.79 Å². The molecule has 0 atom stereocenters. The van der Waals surface area contributed by atoms with Crippen molar-refractivity contribution >= 4 is 17.5 Å². The molecule has 0 unspecified atom stereocenters. The summed E-state index contributed by atoms with van der Waals surface area (Å²) in [6.45, 7) is 0.589. The molecule has 4 nitrogen and oxygen atoms in total. The van der Waals surface area contributed by atoms with E-state index in [0.29, 0.717) is 12.1 Å². The van der Waals surface area contributed by atoms with E-state index in [2.05, 4.69) is 15.5 Å². The number of carbonyl (C=O) groups is 1. The van der Waals surface area contributed by atoms with Gasteiger partial charge in [-0.25, -0.2) is 0 Å². The lowest BCUT2D eigenvalue weighted by molar-refractivity contribution is 0.0954. The number of aromatic amines is 1. The molecule has 2 N–H and O–H groups in total. The van der Waals surface area contributed by atoms with Gasteiger partial charge in [0.25, 0.3) is 5.91 Å². The maximum atomic E-state index is 11.6. The topological polar surface area (TPSA) is 57.8 Å². The minimum absolute atomic E-state index is 0.118. The van der Waals surface area contributed by atoms with E-state index < -0.39 is 0 Å². The van der Waals surface area contributed by atoms with E-state index in [1.807, 2.05) is 24.3 Å². The third kappa shape index (κ3) is 3.32. The lowest BCUT2D eigenvalue weighted by atomic mass is 10.1. The summed E-state index contributed by atoms with van der Waals surface area (Å²) in [5, 5.41) is 9.85.